The number of carbonyl (C=O) groups excluding carboxylic acids is 2. The van der Waals surface area contributed by atoms with E-state index in [1.165, 1.54) is 6.26 Å². The van der Waals surface area contributed by atoms with Crippen molar-refractivity contribution in [3.05, 3.63) is 68.9 Å². The van der Waals surface area contributed by atoms with Crippen LogP contribution in [0.4, 0.5) is 0 Å². The van der Waals surface area contributed by atoms with Crippen LogP contribution in [0.1, 0.15) is 32.8 Å². The molecule has 2 aliphatic rings. The van der Waals surface area contributed by atoms with Crippen LogP contribution in [0.2, 0.25) is 0 Å². The maximum Gasteiger partial charge on any atom is 0.290 e. The highest BCUT2D eigenvalue weighted by Crippen LogP contribution is 2.36. The highest BCUT2D eigenvalue weighted by atomic mass is 32.1. The van der Waals surface area contributed by atoms with Gasteiger partial charge in [0.15, 0.2) is 5.76 Å². The van der Waals surface area contributed by atoms with Gasteiger partial charge in [-0.05, 0) is 35.0 Å². The van der Waals surface area contributed by atoms with Gasteiger partial charge in [0.2, 0.25) is 0 Å². The van der Waals surface area contributed by atoms with E-state index in [0.717, 1.165) is 28.6 Å². The lowest BCUT2D eigenvalue weighted by atomic mass is 10.1. The minimum Gasteiger partial charge on any atom is -0.459 e. The number of furan rings is 1. The Morgan fingerprint density at radius 1 is 1.09 bits per heavy atom. The molecule has 5 rings (SSSR count). The smallest absolute Gasteiger partial charge is 0.290 e. The first kappa shape index (κ1) is 23.0. The molecule has 178 valence electrons. The van der Waals surface area contributed by atoms with Crippen LogP contribution in [0.15, 0.2) is 62.9 Å². The third-order valence-corrected chi connectivity index (χ3v) is 7.87. The lowest BCUT2D eigenvalue weighted by molar-refractivity contribution is -0.133. The Bertz CT molecular complexity index is 1110. The van der Waals surface area contributed by atoms with Crippen LogP contribution in [-0.4, -0.2) is 78.3 Å². The molecule has 10 heteroatoms. The Morgan fingerprint density at radius 3 is 2.62 bits per heavy atom. The first-order chi connectivity index (χ1) is 16.7. The van der Waals surface area contributed by atoms with E-state index in [1.54, 1.807) is 44.7 Å². The molecule has 1 atom stereocenters. The normalized spacial score (nSPS) is 18.8. The van der Waals surface area contributed by atoms with Gasteiger partial charge in [-0.3, -0.25) is 14.5 Å². The van der Waals surface area contributed by atoms with E-state index in [2.05, 4.69) is 4.90 Å². The Kier molecular flexibility index (Phi) is 7.19. The van der Waals surface area contributed by atoms with Crippen LogP contribution < -0.4 is 0 Å². The number of nitrogens with zero attached hydrogens (tertiary/aromatic N) is 4. The molecule has 0 N–H and O–H groups in total. The maximum atomic E-state index is 13.6. The van der Waals surface area contributed by atoms with Crippen LogP contribution in [0.25, 0.3) is 0 Å². The molecular weight excluding hydrogens is 472 g/mol. The summed E-state index contributed by atoms with van der Waals surface area (Å²) in [6.45, 7) is 4.02. The summed E-state index contributed by atoms with van der Waals surface area (Å²) in [5, 5.41) is 10.3. The number of thiophene rings is 2. The van der Waals surface area contributed by atoms with Gasteiger partial charge in [-0.2, -0.15) is 5.10 Å². The van der Waals surface area contributed by atoms with Gasteiger partial charge >= 0.3 is 0 Å². The van der Waals surface area contributed by atoms with Crippen LogP contribution in [0.5, 0.6) is 0 Å². The Labute approximate surface area is 206 Å². The zero-order valence-corrected chi connectivity index (χ0v) is 20.3. The third kappa shape index (κ3) is 5.15. The van der Waals surface area contributed by atoms with Crippen molar-refractivity contribution in [3.63, 3.8) is 0 Å². The van der Waals surface area contributed by atoms with Crippen LogP contribution in [-0.2, 0) is 9.53 Å². The van der Waals surface area contributed by atoms with E-state index in [4.69, 9.17) is 14.3 Å². The second-order valence-electron chi connectivity index (χ2n) is 8.16. The minimum absolute atomic E-state index is 0.0625. The summed E-state index contributed by atoms with van der Waals surface area (Å²) in [5.41, 5.74) is 0.902. The quantitative estimate of drug-likeness (QED) is 0.475. The number of amides is 2. The third-order valence-electron chi connectivity index (χ3n) is 5.98. The van der Waals surface area contributed by atoms with E-state index in [-0.39, 0.29) is 30.2 Å². The average Bonchev–Trinajstić information content (AvgIpc) is 3.67. The van der Waals surface area contributed by atoms with Gasteiger partial charge in [-0.1, -0.05) is 12.1 Å². The SMILES string of the molecule is O=C(c1ccco1)N(CCN1CCOCC1)CC(=O)N1N=C(c2cccs2)C[C@H]1c1cccs1. The van der Waals surface area contributed by atoms with Crippen molar-refractivity contribution in [2.45, 2.75) is 12.5 Å². The van der Waals surface area contributed by atoms with Gasteiger partial charge in [-0.25, -0.2) is 5.01 Å². The van der Waals surface area contributed by atoms with Crippen LogP contribution >= 0.6 is 22.7 Å². The van der Waals surface area contributed by atoms with Crippen molar-refractivity contribution in [1.82, 2.24) is 14.8 Å². The number of morpholine rings is 1. The van der Waals surface area contributed by atoms with E-state index < -0.39 is 0 Å². The average molecular weight is 499 g/mol. The minimum atomic E-state index is -0.291. The Morgan fingerprint density at radius 2 is 1.91 bits per heavy atom. The number of ether oxygens (including phenoxy) is 1. The summed E-state index contributed by atoms with van der Waals surface area (Å²) in [7, 11) is 0. The van der Waals surface area contributed by atoms with Gasteiger partial charge in [-0.15, -0.1) is 22.7 Å². The van der Waals surface area contributed by atoms with Gasteiger partial charge in [0.1, 0.15) is 6.54 Å². The van der Waals surface area contributed by atoms with Crippen molar-refractivity contribution < 1.29 is 18.7 Å². The van der Waals surface area contributed by atoms with Gasteiger partial charge in [0.05, 0.1) is 36.1 Å². The molecule has 0 bridgehead atoms. The van der Waals surface area contributed by atoms with Crippen molar-refractivity contribution in [3.8, 4) is 0 Å². The molecule has 2 amide bonds. The van der Waals surface area contributed by atoms with Crippen molar-refractivity contribution in [2.75, 3.05) is 45.9 Å². The number of hydrogen-bond acceptors (Lipinski definition) is 8. The molecule has 0 radical (unpaired) electrons. The van der Waals surface area contributed by atoms with Gasteiger partial charge < -0.3 is 14.1 Å². The van der Waals surface area contributed by atoms with Crippen LogP contribution in [0, 0.1) is 0 Å². The van der Waals surface area contributed by atoms with E-state index in [9.17, 15) is 9.59 Å². The number of hydrazone groups is 1. The van der Waals surface area contributed by atoms with Gasteiger partial charge in [0.25, 0.3) is 11.8 Å². The fourth-order valence-corrected chi connectivity index (χ4v) is 5.70. The standard InChI is InChI=1S/C24H26N4O4S2/c29-23(28-19(22-6-3-15-34-22)16-18(25-28)21-5-2-14-33-21)17-27(24(30)20-4-1-11-32-20)8-7-26-9-12-31-13-10-26/h1-6,11,14-15,19H,7-10,12-13,16-17H2/t19-/m0/s1. The molecular formula is C24H26N4O4S2. The summed E-state index contributed by atoms with van der Waals surface area (Å²) in [6.07, 6.45) is 2.13. The molecule has 8 nitrogen and oxygen atoms in total. The Hall–Kier alpha value is -2.79. The van der Waals surface area contributed by atoms with E-state index in [0.29, 0.717) is 32.7 Å². The maximum absolute atomic E-state index is 13.6. The van der Waals surface area contributed by atoms with Crippen LogP contribution in [0.3, 0.4) is 0 Å². The molecule has 0 saturated carbocycles. The second-order valence-corrected chi connectivity index (χ2v) is 10.1. The molecule has 0 aliphatic carbocycles. The largest absolute Gasteiger partial charge is 0.459 e. The number of hydrogen-bond donors (Lipinski definition) is 0. The lowest BCUT2D eigenvalue weighted by Gasteiger charge is -2.30. The molecule has 2 aliphatic heterocycles. The van der Waals surface area contributed by atoms with Gasteiger partial charge in [0, 0.05) is 37.5 Å². The predicted molar refractivity (Wildman–Crippen MR) is 131 cm³/mol. The monoisotopic (exact) mass is 498 g/mol. The first-order valence-electron chi connectivity index (χ1n) is 11.3. The fourth-order valence-electron chi connectivity index (χ4n) is 4.17. The molecule has 3 aromatic heterocycles. The number of rotatable bonds is 8. The van der Waals surface area contributed by atoms with Crippen molar-refractivity contribution >= 4 is 40.2 Å². The summed E-state index contributed by atoms with van der Waals surface area (Å²) in [4.78, 5) is 32.7. The van der Waals surface area contributed by atoms with E-state index >= 15 is 0 Å². The van der Waals surface area contributed by atoms with Crippen molar-refractivity contribution in [2.24, 2.45) is 5.10 Å². The summed E-state index contributed by atoms with van der Waals surface area (Å²) >= 11 is 3.23. The first-order valence-corrected chi connectivity index (χ1v) is 13.0. The topological polar surface area (TPSA) is 78.6 Å². The fraction of sp³-hybridized carbons (Fsp3) is 0.375. The molecule has 34 heavy (non-hydrogen) atoms. The molecule has 1 saturated heterocycles. The zero-order valence-electron chi connectivity index (χ0n) is 18.7. The molecule has 5 heterocycles. The van der Waals surface area contributed by atoms with Crippen molar-refractivity contribution in [1.29, 1.82) is 0 Å². The predicted octanol–water partition coefficient (Wildman–Crippen LogP) is 3.55. The molecule has 0 aromatic carbocycles. The molecule has 0 unspecified atom stereocenters. The molecule has 0 spiro atoms. The highest BCUT2D eigenvalue weighted by molar-refractivity contribution is 7.12. The molecule has 1 fully saturated rings. The lowest BCUT2D eigenvalue weighted by Crippen LogP contribution is -2.46. The second kappa shape index (κ2) is 10.6. The number of carbonyl (C=O) groups is 2. The van der Waals surface area contributed by atoms with E-state index in [1.807, 2.05) is 35.0 Å². The Balaban J connectivity index is 1.35. The summed E-state index contributed by atoms with van der Waals surface area (Å²) in [5.74, 6) is -0.262. The summed E-state index contributed by atoms with van der Waals surface area (Å²) < 4.78 is 10.8. The zero-order chi connectivity index (χ0) is 23.3. The highest BCUT2D eigenvalue weighted by Gasteiger charge is 2.35. The summed E-state index contributed by atoms with van der Waals surface area (Å²) in [6, 6.07) is 11.2. The molecule has 3 aromatic rings.